The number of nitro groups is 1. The lowest BCUT2D eigenvalue weighted by Gasteiger charge is -2.24. The van der Waals surface area contributed by atoms with Gasteiger partial charge in [-0.25, -0.2) is 4.98 Å². The van der Waals surface area contributed by atoms with Crippen molar-refractivity contribution in [2.75, 3.05) is 18.0 Å². The summed E-state index contributed by atoms with van der Waals surface area (Å²) in [5.74, 6) is -0.854. The normalized spacial score (nSPS) is 11.9. The van der Waals surface area contributed by atoms with Crippen molar-refractivity contribution in [1.29, 1.82) is 0 Å². The van der Waals surface area contributed by atoms with Crippen molar-refractivity contribution in [2.45, 2.75) is 20.8 Å². The van der Waals surface area contributed by atoms with Gasteiger partial charge in [0.2, 0.25) is 0 Å². The molecule has 0 bridgehead atoms. The molecular formula is C12H17N3O4. The van der Waals surface area contributed by atoms with E-state index in [0.717, 1.165) is 0 Å². The van der Waals surface area contributed by atoms with Crippen LogP contribution in [0.5, 0.6) is 0 Å². The molecule has 0 saturated carbocycles. The fourth-order valence-electron chi connectivity index (χ4n) is 1.69. The number of aromatic nitrogens is 1. The third kappa shape index (κ3) is 3.64. The number of aryl methyl sites for hydroxylation is 1. The van der Waals surface area contributed by atoms with Crippen LogP contribution in [0.4, 0.5) is 11.5 Å². The molecule has 0 radical (unpaired) electrons. The molecule has 0 fully saturated rings. The molecule has 0 amide bonds. The Balaban J connectivity index is 2.96. The van der Waals surface area contributed by atoms with E-state index in [1.807, 2.05) is 6.92 Å². The van der Waals surface area contributed by atoms with Gasteiger partial charge in [0.05, 0.1) is 10.8 Å². The van der Waals surface area contributed by atoms with E-state index in [1.165, 1.54) is 6.20 Å². The molecule has 1 atom stereocenters. The minimum absolute atomic E-state index is 0.0360. The van der Waals surface area contributed by atoms with Crippen LogP contribution < -0.4 is 4.90 Å². The molecule has 0 aromatic carbocycles. The van der Waals surface area contributed by atoms with E-state index in [0.29, 0.717) is 24.5 Å². The molecule has 1 unspecified atom stereocenters. The number of hydrogen-bond donors (Lipinski definition) is 1. The van der Waals surface area contributed by atoms with Gasteiger partial charge in [0.25, 0.3) is 5.69 Å². The summed E-state index contributed by atoms with van der Waals surface area (Å²) in [6.07, 6.45) is 1.21. The number of nitrogens with zero attached hydrogens (tertiary/aromatic N) is 3. The van der Waals surface area contributed by atoms with Crippen LogP contribution in [-0.4, -0.2) is 34.1 Å². The summed E-state index contributed by atoms with van der Waals surface area (Å²) in [5.41, 5.74) is 0.475. The van der Waals surface area contributed by atoms with E-state index < -0.39 is 16.8 Å². The molecule has 7 nitrogen and oxygen atoms in total. The van der Waals surface area contributed by atoms with E-state index in [-0.39, 0.29) is 5.69 Å². The SMILES string of the molecule is CCN(CC(C)C(=O)O)c1cc(C)c([N+](=O)[O-])cn1. The maximum atomic E-state index is 10.9. The van der Waals surface area contributed by atoms with E-state index in [2.05, 4.69) is 4.98 Å². The Morgan fingerprint density at radius 3 is 2.68 bits per heavy atom. The highest BCUT2D eigenvalue weighted by Crippen LogP contribution is 2.21. The van der Waals surface area contributed by atoms with Crippen molar-refractivity contribution in [3.05, 3.63) is 27.9 Å². The number of aliphatic carboxylic acids is 1. The highest BCUT2D eigenvalue weighted by Gasteiger charge is 2.18. The monoisotopic (exact) mass is 267 g/mol. The van der Waals surface area contributed by atoms with Crippen molar-refractivity contribution in [3.63, 3.8) is 0 Å². The van der Waals surface area contributed by atoms with E-state index in [9.17, 15) is 14.9 Å². The molecular weight excluding hydrogens is 250 g/mol. The van der Waals surface area contributed by atoms with Crippen LogP contribution in [-0.2, 0) is 4.79 Å². The Hall–Kier alpha value is -2.18. The Morgan fingerprint density at radius 2 is 2.26 bits per heavy atom. The van der Waals surface area contributed by atoms with E-state index >= 15 is 0 Å². The average Bonchev–Trinajstić information content (AvgIpc) is 2.34. The summed E-state index contributed by atoms with van der Waals surface area (Å²) in [6, 6.07) is 1.61. The second-order valence-corrected chi connectivity index (χ2v) is 4.36. The molecule has 0 spiro atoms. The van der Waals surface area contributed by atoms with Crippen LogP contribution in [0.2, 0.25) is 0 Å². The smallest absolute Gasteiger partial charge is 0.308 e. The van der Waals surface area contributed by atoms with Crippen LogP contribution in [0.3, 0.4) is 0 Å². The lowest BCUT2D eigenvalue weighted by Crippen LogP contribution is -2.32. The van der Waals surface area contributed by atoms with Crippen LogP contribution >= 0.6 is 0 Å². The fourth-order valence-corrected chi connectivity index (χ4v) is 1.69. The number of anilines is 1. The van der Waals surface area contributed by atoms with Crippen LogP contribution in [0.1, 0.15) is 19.4 Å². The standard InChI is InChI=1S/C12H17N3O4/c1-4-14(7-9(3)12(16)17)11-5-8(2)10(6-13-11)15(18)19/h5-6,9H,4,7H2,1-3H3,(H,16,17). The molecule has 0 saturated heterocycles. The zero-order valence-electron chi connectivity index (χ0n) is 11.2. The maximum Gasteiger partial charge on any atom is 0.308 e. The third-order valence-corrected chi connectivity index (χ3v) is 2.89. The van der Waals surface area contributed by atoms with Gasteiger partial charge in [0.1, 0.15) is 12.0 Å². The van der Waals surface area contributed by atoms with E-state index in [1.54, 1.807) is 24.8 Å². The summed E-state index contributed by atoms with van der Waals surface area (Å²) in [4.78, 5) is 26.9. The van der Waals surface area contributed by atoms with Crippen molar-refractivity contribution in [2.24, 2.45) is 5.92 Å². The van der Waals surface area contributed by atoms with Gasteiger partial charge in [-0.15, -0.1) is 0 Å². The minimum atomic E-state index is -0.878. The largest absolute Gasteiger partial charge is 0.481 e. The summed E-state index contributed by atoms with van der Waals surface area (Å²) in [6.45, 7) is 6.03. The van der Waals surface area contributed by atoms with Crippen molar-refractivity contribution in [3.8, 4) is 0 Å². The summed E-state index contributed by atoms with van der Waals surface area (Å²) in [5, 5.41) is 19.6. The number of hydrogen-bond acceptors (Lipinski definition) is 5. The number of pyridine rings is 1. The Bertz CT molecular complexity index is 490. The Labute approximate surface area is 111 Å². The molecule has 104 valence electrons. The Kier molecular flexibility index (Phi) is 4.80. The van der Waals surface area contributed by atoms with Crippen molar-refractivity contribution < 1.29 is 14.8 Å². The molecule has 1 rings (SSSR count). The summed E-state index contributed by atoms with van der Waals surface area (Å²) < 4.78 is 0. The van der Waals surface area contributed by atoms with Gasteiger partial charge in [-0.2, -0.15) is 0 Å². The average molecular weight is 267 g/mol. The fraction of sp³-hybridized carbons (Fsp3) is 0.500. The van der Waals surface area contributed by atoms with Crippen molar-refractivity contribution >= 4 is 17.5 Å². The molecule has 1 heterocycles. The molecule has 0 aliphatic carbocycles. The first-order valence-electron chi connectivity index (χ1n) is 5.95. The number of carbonyl (C=O) groups is 1. The first-order chi connectivity index (χ1) is 8.86. The van der Waals surface area contributed by atoms with Crippen molar-refractivity contribution in [1.82, 2.24) is 4.98 Å². The van der Waals surface area contributed by atoms with Crippen LogP contribution in [0.15, 0.2) is 12.3 Å². The predicted octanol–water partition coefficient (Wildman–Crippen LogP) is 1.85. The molecule has 1 N–H and O–H groups in total. The summed E-state index contributed by atoms with van der Waals surface area (Å²) >= 11 is 0. The highest BCUT2D eigenvalue weighted by molar-refractivity contribution is 5.70. The molecule has 1 aromatic rings. The lowest BCUT2D eigenvalue weighted by atomic mass is 10.1. The van der Waals surface area contributed by atoms with Gasteiger partial charge >= 0.3 is 5.97 Å². The zero-order valence-corrected chi connectivity index (χ0v) is 11.2. The first kappa shape index (κ1) is 14.9. The van der Waals surface area contributed by atoms with Gasteiger partial charge in [-0.3, -0.25) is 14.9 Å². The predicted molar refractivity (Wildman–Crippen MR) is 70.3 cm³/mol. The van der Waals surface area contributed by atoms with Gasteiger partial charge in [0, 0.05) is 18.7 Å². The first-order valence-corrected chi connectivity index (χ1v) is 5.95. The minimum Gasteiger partial charge on any atom is -0.481 e. The lowest BCUT2D eigenvalue weighted by molar-refractivity contribution is -0.385. The van der Waals surface area contributed by atoms with Gasteiger partial charge < -0.3 is 10.0 Å². The second-order valence-electron chi connectivity index (χ2n) is 4.36. The second kappa shape index (κ2) is 6.12. The molecule has 19 heavy (non-hydrogen) atoms. The molecule has 7 heteroatoms. The zero-order chi connectivity index (χ0) is 14.6. The van der Waals surface area contributed by atoms with E-state index in [4.69, 9.17) is 5.11 Å². The third-order valence-electron chi connectivity index (χ3n) is 2.89. The number of carboxylic acid groups (broad SMARTS) is 1. The summed E-state index contributed by atoms with van der Waals surface area (Å²) in [7, 11) is 0. The number of carboxylic acids is 1. The van der Waals surface area contributed by atoms with Crippen LogP contribution in [0, 0.1) is 23.0 Å². The van der Waals surface area contributed by atoms with Crippen LogP contribution in [0.25, 0.3) is 0 Å². The van der Waals surface area contributed by atoms with Gasteiger partial charge in [-0.05, 0) is 19.9 Å². The van der Waals surface area contributed by atoms with Gasteiger partial charge in [-0.1, -0.05) is 6.92 Å². The molecule has 0 aliphatic heterocycles. The number of rotatable bonds is 6. The van der Waals surface area contributed by atoms with Gasteiger partial charge in [0.15, 0.2) is 0 Å². The maximum absolute atomic E-state index is 10.9. The Morgan fingerprint density at radius 1 is 1.63 bits per heavy atom. The highest BCUT2D eigenvalue weighted by atomic mass is 16.6. The molecule has 0 aliphatic rings. The topological polar surface area (TPSA) is 96.6 Å². The molecule has 1 aromatic heterocycles. The quantitative estimate of drug-likeness (QED) is 0.624.